The van der Waals surface area contributed by atoms with Crippen LogP contribution >= 0.6 is 31.9 Å². The van der Waals surface area contributed by atoms with Gasteiger partial charge < -0.3 is 10.6 Å². The molecule has 0 unspecified atom stereocenters. The predicted molar refractivity (Wildman–Crippen MR) is 209 cm³/mol. The van der Waals surface area contributed by atoms with Gasteiger partial charge in [0.2, 0.25) is 0 Å². The van der Waals surface area contributed by atoms with E-state index in [4.69, 9.17) is 0 Å². The van der Waals surface area contributed by atoms with Crippen molar-refractivity contribution in [2.45, 2.75) is 80.1 Å². The zero-order chi connectivity index (χ0) is 33.6. The van der Waals surface area contributed by atoms with Crippen LogP contribution in [0.5, 0.6) is 0 Å². The van der Waals surface area contributed by atoms with Gasteiger partial charge in [0.1, 0.15) is 0 Å². The first-order valence-electron chi connectivity index (χ1n) is 16.0. The van der Waals surface area contributed by atoms with E-state index in [1.165, 1.54) is 55.6 Å². The Kier molecular flexibility index (Phi) is 9.64. The minimum Gasteiger partial charge on any atom is -0.355 e. The number of halogens is 2. The van der Waals surface area contributed by atoms with Gasteiger partial charge in [0.05, 0.1) is 0 Å². The molecule has 0 aliphatic heterocycles. The number of rotatable bonds is 6. The van der Waals surface area contributed by atoms with Crippen LogP contribution in [0.25, 0.3) is 22.3 Å². The lowest BCUT2D eigenvalue weighted by molar-refractivity contribution is 0.589. The Morgan fingerprint density at radius 2 is 0.696 bits per heavy atom. The topological polar surface area (TPSA) is 24.1 Å². The Morgan fingerprint density at radius 1 is 0.413 bits per heavy atom. The van der Waals surface area contributed by atoms with Crippen molar-refractivity contribution in [2.75, 3.05) is 10.6 Å². The van der Waals surface area contributed by atoms with Crippen molar-refractivity contribution in [1.82, 2.24) is 0 Å². The summed E-state index contributed by atoms with van der Waals surface area (Å²) in [4.78, 5) is 0. The van der Waals surface area contributed by atoms with Crippen molar-refractivity contribution < 1.29 is 0 Å². The maximum atomic E-state index is 3.83. The summed E-state index contributed by atoms with van der Waals surface area (Å²) in [6, 6.07) is 30.8. The maximum absolute atomic E-state index is 3.83. The van der Waals surface area contributed by atoms with E-state index >= 15 is 0 Å². The van der Waals surface area contributed by atoms with Gasteiger partial charge in [0.15, 0.2) is 0 Å². The second-order valence-electron chi connectivity index (χ2n) is 14.6. The smallest absolute Gasteiger partial charge is 0.0471 e. The van der Waals surface area contributed by atoms with Crippen LogP contribution < -0.4 is 10.6 Å². The molecule has 2 N–H and O–H groups in total. The molecule has 0 radical (unpaired) electrons. The molecule has 46 heavy (non-hydrogen) atoms. The van der Waals surface area contributed by atoms with E-state index in [9.17, 15) is 0 Å². The minimum atomic E-state index is 0.0519. The molecule has 0 amide bonds. The van der Waals surface area contributed by atoms with Crippen molar-refractivity contribution in [3.63, 3.8) is 0 Å². The zero-order valence-corrected chi connectivity index (χ0v) is 32.0. The molecule has 4 heteroatoms. The fourth-order valence-corrected chi connectivity index (χ4v) is 6.82. The van der Waals surface area contributed by atoms with E-state index in [0.717, 1.165) is 31.7 Å². The molecule has 0 fully saturated rings. The van der Waals surface area contributed by atoms with Crippen LogP contribution in [0, 0.1) is 27.7 Å². The van der Waals surface area contributed by atoms with Gasteiger partial charge >= 0.3 is 0 Å². The van der Waals surface area contributed by atoms with Crippen LogP contribution in [-0.4, -0.2) is 0 Å². The van der Waals surface area contributed by atoms with Crippen LogP contribution in [0.1, 0.15) is 74.9 Å². The Labute approximate surface area is 293 Å². The Morgan fingerprint density at radius 3 is 0.957 bits per heavy atom. The molecule has 2 nitrogen and oxygen atoms in total. The van der Waals surface area contributed by atoms with Crippen LogP contribution in [0.4, 0.5) is 22.7 Å². The van der Waals surface area contributed by atoms with E-state index in [-0.39, 0.29) is 10.8 Å². The van der Waals surface area contributed by atoms with E-state index in [2.05, 4.69) is 197 Å². The van der Waals surface area contributed by atoms with Crippen molar-refractivity contribution in [1.29, 1.82) is 0 Å². The van der Waals surface area contributed by atoms with Gasteiger partial charge in [0.25, 0.3) is 0 Å². The molecular weight excluding hydrogens is 692 g/mol. The van der Waals surface area contributed by atoms with Gasteiger partial charge in [-0.3, -0.25) is 0 Å². The van der Waals surface area contributed by atoms with Crippen molar-refractivity contribution in [3.8, 4) is 22.3 Å². The minimum absolute atomic E-state index is 0.0519. The Hall–Kier alpha value is -3.34. The van der Waals surface area contributed by atoms with Crippen molar-refractivity contribution in [2.24, 2.45) is 0 Å². The normalized spacial score (nSPS) is 11.9. The third kappa shape index (κ3) is 7.29. The van der Waals surface area contributed by atoms with Crippen LogP contribution in [-0.2, 0) is 10.8 Å². The Balaban J connectivity index is 1.89. The second kappa shape index (κ2) is 13.0. The van der Waals surface area contributed by atoms with E-state index in [0.29, 0.717) is 0 Å². The van der Waals surface area contributed by atoms with Crippen molar-refractivity contribution >= 4 is 54.6 Å². The zero-order valence-electron chi connectivity index (χ0n) is 28.8. The van der Waals surface area contributed by atoms with E-state index in [1.807, 2.05) is 0 Å². The number of hydrogen-bond acceptors (Lipinski definition) is 2. The summed E-state index contributed by atoms with van der Waals surface area (Å²) in [6.45, 7) is 22.8. The summed E-state index contributed by atoms with van der Waals surface area (Å²) < 4.78 is 2.12. The second-order valence-corrected chi connectivity index (χ2v) is 16.5. The molecule has 0 spiro atoms. The quantitative estimate of drug-likeness (QED) is 0.181. The first-order valence-corrected chi connectivity index (χ1v) is 17.6. The number of anilines is 4. The first kappa shape index (κ1) is 34.0. The predicted octanol–water partition coefficient (Wildman–Crippen LogP) is 13.9. The van der Waals surface area contributed by atoms with Gasteiger partial charge in [0, 0.05) is 42.8 Å². The largest absolute Gasteiger partial charge is 0.355 e. The molecule has 238 valence electrons. The third-order valence-corrected chi connectivity index (χ3v) is 9.81. The lowest BCUT2D eigenvalue weighted by atomic mass is 9.78. The first-order chi connectivity index (χ1) is 21.5. The fraction of sp³-hybridized carbons (Fsp3) is 0.286. The van der Waals surface area contributed by atoms with Gasteiger partial charge in [-0.25, -0.2) is 0 Å². The summed E-state index contributed by atoms with van der Waals surface area (Å²) in [5.41, 5.74) is 17.1. The highest BCUT2D eigenvalue weighted by atomic mass is 79.9. The highest BCUT2D eigenvalue weighted by molar-refractivity contribution is 9.10. The molecule has 5 aromatic rings. The van der Waals surface area contributed by atoms with E-state index < -0.39 is 0 Å². The van der Waals surface area contributed by atoms with E-state index in [1.54, 1.807) is 0 Å². The number of aryl methyl sites for hydroxylation is 4. The number of nitrogens with one attached hydrogen (secondary N) is 2. The number of benzene rings is 5. The molecule has 0 aliphatic rings. The molecular formula is C42H46Br2N2. The van der Waals surface area contributed by atoms with Gasteiger partial charge in [-0.15, -0.1) is 0 Å². The monoisotopic (exact) mass is 736 g/mol. The third-order valence-electron chi connectivity index (χ3n) is 8.75. The molecule has 0 atom stereocenters. The summed E-state index contributed by atoms with van der Waals surface area (Å²) in [5, 5.41) is 7.65. The highest BCUT2D eigenvalue weighted by Gasteiger charge is 2.26. The lowest BCUT2D eigenvalue weighted by Crippen LogP contribution is -2.13. The SMILES string of the molecule is Cc1cc(C(C)(C)C)cc(C)c1-c1c(Nc2ccc(Br)cc2)ccc(Nc2ccc(Br)cc2)c1-c1c(C)cc(C(C)(C)C)cc1C. The molecule has 0 saturated heterocycles. The molecule has 0 aliphatic carbocycles. The number of hydrogen-bond donors (Lipinski definition) is 2. The maximum Gasteiger partial charge on any atom is 0.0471 e. The average Bonchev–Trinajstić information content (AvgIpc) is 2.95. The molecule has 0 bridgehead atoms. The summed E-state index contributed by atoms with van der Waals surface area (Å²) >= 11 is 7.22. The lowest BCUT2D eigenvalue weighted by Gasteiger charge is -2.28. The van der Waals surface area contributed by atoms with Gasteiger partial charge in [-0.05, 0) is 144 Å². The molecule has 0 saturated carbocycles. The fourth-order valence-electron chi connectivity index (χ4n) is 6.29. The Bertz CT molecular complexity index is 1700. The van der Waals surface area contributed by atoms with Crippen LogP contribution in [0.2, 0.25) is 0 Å². The average molecular weight is 739 g/mol. The summed E-state index contributed by atoms with van der Waals surface area (Å²) in [6.07, 6.45) is 0. The molecule has 5 rings (SSSR count). The molecule has 0 aromatic heterocycles. The van der Waals surface area contributed by atoms with Gasteiger partial charge in [-0.1, -0.05) is 97.7 Å². The summed E-state index contributed by atoms with van der Waals surface area (Å²) in [7, 11) is 0. The highest BCUT2D eigenvalue weighted by Crippen LogP contribution is 2.49. The van der Waals surface area contributed by atoms with Crippen LogP contribution in [0.15, 0.2) is 93.9 Å². The summed E-state index contributed by atoms with van der Waals surface area (Å²) in [5.74, 6) is 0. The molecule has 0 heterocycles. The standard InChI is InChI=1S/C42H46Br2N2/c1-25-21-29(41(5,6)7)22-26(2)37(25)39-35(45-33-15-11-31(43)12-16-33)19-20-36(46-34-17-13-32(44)14-18-34)40(39)38-27(3)23-30(24-28(38)4)42(8,9)10/h11-24,45-46H,1-10H3. The molecule has 5 aromatic carbocycles. The van der Waals surface area contributed by atoms with Crippen molar-refractivity contribution in [3.05, 3.63) is 127 Å². The van der Waals surface area contributed by atoms with Crippen LogP contribution in [0.3, 0.4) is 0 Å². The van der Waals surface area contributed by atoms with Gasteiger partial charge in [-0.2, -0.15) is 0 Å².